The van der Waals surface area contributed by atoms with Gasteiger partial charge in [-0.3, -0.25) is 11.3 Å². The number of hydrogen-bond donors (Lipinski definition) is 2. The molecule has 18 heavy (non-hydrogen) atoms. The Balaban J connectivity index is 2.24. The predicted octanol–water partition coefficient (Wildman–Crippen LogP) is 1.77. The monoisotopic (exact) mass is 270 g/mol. The molecule has 0 bridgehead atoms. The zero-order chi connectivity index (χ0) is 13.2. The maximum absolute atomic E-state index is 5.77. The van der Waals surface area contributed by atoms with Gasteiger partial charge in [-0.25, -0.2) is 0 Å². The lowest BCUT2D eigenvalue weighted by Crippen LogP contribution is -2.37. The molecule has 0 radical (unpaired) electrons. The van der Waals surface area contributed by atoms with Crippen LogP contribution in [0.4, 0.5) is 0 Å². The van der Waals surface area contributed by atoms with Crippen LogP contribution in [0.2, 0.25) is 0 Å². The van der Waals surface area contributed by atoms with Crippen LogP contribution in [0.1, 0.15) is 50.2 Å². The third-order valence-electron chi connectivity index (χ3n) is 3.42. The molecule has 0 spiro atoms. The molecule has 1 fully saturated rings. The molecular formula is C12H22N4OS. The molecule has 0 aliphatic carbocycles. The van der Waals surface area contributed by atoms with E-state index in [1.807, 2.05) is 0 Å². The largest absolute Gasteiger partial charge is 0.381 e. The van der Waals surface area contributed by atoms with Crippen molar-refractivity contribution in [1.29, 1.82) is 0 Å². The molecule has 1 aromatic heterocycles. The second-order valence-corrected chi connectivity index (χ2v) is 6.62. The van der Waals surface area contributed by atoms with Gasteiger partial charge < -0.3 is 4.74 Å². The van der Waals surface area contributed by atoms with E-state index in [1.165, 1.54) is 16.4 Å². The normalized spacial score (nSPS) is 20.0. The van der Waals surface area contributed by atoms with Crippen LogP contribution in [0.15, 0.2) is 0 Å². The van der Waals surface area contributed by atoms with E-state index < -0.39 is 0 Å². The minimum atomic E-state index is 0.00258. The Kier molecular flexibility index (Phi) is 4.32. The van der Waals surface area contributed by atoms with Crippen LogP contribution in [-0.2, 0) is 10.2 Å². The molecule has 1 aliphatic heterocycles. The molecule has 5 nitrogen and oxygen atoms in total. The molecule has 2 rings (SSSR count). The number of hydrogen-bond acceptors (Lipinski definition) is 6. The standard InChI is InChI=1S/C12H22N4OS/c1-12(2,3)11-10(18-16-15-11)9(14-13)8-4-6-17-7-5-8/h8-9,14H,4-7,13H2,1-3H3. The molecular weight excluding hydrogens is 248 g/mol. The molecule has 2 heterocycles. The van der Waals surface area contributed by atoms with Crippen molar-refractivity contribution in [3.05, 3.63) is 10.6 Å². The second-order valence-electron chi connectivity index (χ2n) is 5.83. The topological polar surface area (TPSA) is 73.1 Å². The smallest absolute Gasteiger partial charge is 0.0857 e. The summed E-state index contributed by atoms with van der Waals surface area (Å²) in [7, 11) is 0. The molecule has 102 valence electrons. The lowest BCUT2D eigenvalue weighted by molar-refractivity contribution is 0.0538. The molecule has 0 amide bonds. The van der Waals surface area contributed by atoms with Crippen LogP contribution in [-0.4, -0.2) is 22.8 Å². The van der Waals surface area contributed by atoms with Gasteiger partial charge in [-0.1, -0.05) is 25.3 Å². The van der Waals surface area contributed by atoms with Gasteiger partial charge in [-0.2, -0.15) is 0 Å². The highest BCUT2D eigenvalue weighted by Gasteiger charge is 2.32. The van der Waals surface area contributed by atoms with Crippen molar-refractivity contribution in [3.63, 3.8) is 0 Å². The van der Waals surface area contributed by atoms with E-state index in [0.29, 0.717) is 5.92 Å². The third kappa shape index (κ3) is 2.88. The van der Waals surface area contributed by atoms with Gasteiger partial charge in [0, 0.05) is 18.6 Å². The zero-order valence-corrected chi connectivity index (χ0v) is 12.1. The van der Waals surface area contributed by atoms with E-state index in [1.54, 1.807) is 0 Å². The second kappa shape index (κ2) is 5.61. The number of nitrogens with two attached hydrogens (primary N) is 1. The molecule has 6 heteroatoms. The SMILES string of the molecule is CC(C)(C)c1nnsc1C(NN)C1CCOCC1. The highest BCUT2D eigenvalue weighted by atomic mass is 32.1. The van der Waals surface area contributed by atoms with Gasteiger partial charge in [0.05, 0.1) is 16.6 Å². The fraction of sp³-hybridized carbons (Fsp3) is 0.833. The summed E-state index contributed by atoms with van der Waals surface area (Å²) in [4.78, 5) is 1.18. The molecule has 1 atom stereocenters. The van der Waals surface area contributed by atoms with Gasteiger partial charge in [0.2, 0.25) is 0 Å². The fourth-order valence-corrected chi connectivity index (χ4v) is 3.41. The molecule has 1 unspecified atom stereocenters. The van der Waals surface area contributed by atoms with Gasteiger partial charge in [0.1, 0.15) is 0 Å². The third-order valence-corrected chi connectivity index (χ3v) is 4.23. The summed E-state index contributed by atoms with van der Waals surface area (Å²) in [6.45, 7) is 8.11. The fourth-order valence-electron chi connectivity index (χ4n) is 2.40. The number of ether oxygens (including phenoxy) is 1. The maximum Gasteiger partial charge on any atom is 0.0857 e. The van der Waals surface area contributed by atoms with Crippen LogP contribution < -0.4 is 11.3 Å². The molecule has 0 aromatic carbocycles. The first-order chi connectivity index (χ1) is 8.54. The number of nitrogens with one attached hydrogen (secondary N) is 1. The summed E-state index contributed by atoms with van der Waals surface area (Å²) >= 11 is 1.46. The Hall–Kier alpha value is -0.560. The number of rotatable bonds is 3. The summed E-state index contributed by atoms with van der Waals surface area (Å²) < 4.78 is 9.53. The highest BCUT2D eigenvalue weighted by Crippen LogP contribution is 2.36. The summed E-state index contributed by atoms with van der Waals surface area (Å²) in [5, 5.41) is 4.29. The maximum atomic E-state index is 5.77. The van der Waals surface area contributed by atoms with Crippen molar-refractivity contribution in [3.8, 4) is 0 Å². The van der Waals surface area contributed by atoms with Crippen LogP contribution in [0.5, 0.6) is 0 Å². The molecule has 1 aliphatic rings. The lowest BCUT2D eigenvalue weighted by Gasteiger charge is -2.30. The summed E-state index contributed by atoms with van der Waals surface area (Å²) in [5.41, 5.74) is 4.02. The number of aromatic nitrogens is 2. The number of nitrogens with zero attached hydrogens (tertiary/aromatic N) is 2. The van der Waals surface area contributed by atoms with E-state index in [-0.39, 0.29) is 11.5 Å². The Morgan fingerprint density at radius 1 is 1.39 bits per heavy atom. The first kappa shape index (κ1) is 13.9. The van der Waals surface area contributed by atoms with E-state index in [2.05, 4.69) is 35.8 Å². The van der Waals surface area contributed by atoms with E-state index in [9.17, 15) is 0 Å². The van der Waals surface area contributed by atoms with E-state index >= 15 is 0 Å². The van der Waals surface area contributed by atoms with E-state index in [0.717, 1.165) is 31.7 Å². The first-order valence-corrected chi connectivity index (χ1v) is 7.18. The summed E-state index contributed by atoms with van der Waals surface area (Å²) in [6.07, 6.45) is 2.08. The Morgan fingerprint density at radius 2 is 2.06 bits per heavy atom. The van der Waals surface area contributed by atoms with Crippen molar-refractivity contribution in [2.24, 2.45) is 11.8 Å². The summed E-state index contributed by atoms with van der Waals surface area (Å²) in [5.74, 6) is 6.27. The van der Waals surface area contributed by atoms with Crippen molar-refractivity contribution in [2.45, 2.75) is 45.1 Å². The van der Waals surface area contributed by atoms with Crippen molar-refractivity contribution < 1.29 is 4.74 Å². The van der Waals surface area contributed by atoms with Crippen LogP contribution in [0.3, 0.4) is 0 Å². The predicted molar refractivity (Wildman–Crippen MR) is 72.2 cm³/mol. The van der Waals surface area contributed by atoms with Crippen molar-refractivity contribution in [1.82, 2.24) is 15.0 Å². The van der Waals surface area contributed by atoms with Gasteiger partial charge >= 0.3 is 0 Å². The summed E-state index contributed by atoms with van der Waals surface area (Å²) in [6, 6.07) is 0.142. The Bertz CT molecular complexity index is 382. The molecule has 0 saturated carbocycles. The minimum absolute atomic E-state index is 0.00258. The lowest BCUT2D eigenvalue weighted by atomic mass is 9.85. The van der Waals surface area contributed by atoms with Crippen molar-refractivity contribution in [2.75, 3.05) is 13.2 Å². The molecule has 3 N–H and O–H groups in total. The first-order valence-electron chi connectivity index (χ1n) is 6.40. The van der Waals surface area contributed by atoms with E-state index in [4.69, 9.17) is 10.6 Å². The average Bonchev–Trinajstić information content (AvgIpc) is 2.80. The van der Waals surface area contributed by atoms with Crippen molar-refractivity contribution >= 4 is 11.5 Å². The molecule has 1 saturated heterocycles. The average molecular weight is 270 g/mol. The highest BCUT2D eigenvalue weighted by molar-refractivity contribution is 7.05. The Morgan fingerprint density at radius 3 is 2.61 bits per heavy atom. The van der Waals surface area contributed by atoms with Crippen LogP contribution in [0.25, 0.3) is 0 Å². The number of hydrazine groups is 1. The quantitative estimate of drug-likeness (QED) is 0.647. The zero-order valence-electron chi connectivity index (χ0n) is 11.3. The Labute approximate surface area is 112 Å². The van der Waals surface area contributed by atoms with Crippen LogP contribution in [0, 0.1) is 5.92 Å². The van der Waals surface area contributed by atoms with Crippen LogP contribution >= 0.6 is 11.5 Å². The van der Waals surface area contributed by atoms with Gasteiger partial charge in [0.25, 0.3) is 0 Å². The van der Waals surface area contributed by atoms with Gasteiger partial charge in [-0.05, 0) is 30.3 Å². The minimum Gasteiger partial charge on any atom is -0.381 e. The van der Waals surface area contributed by atoms with Gasteiger partial charge in [-0.15, -0.1) is 5.10 Å². The molecule has 1 aromatic rings. The van der Waals surface area contributed by atoms with Gasteiger partial charge in [0.15, 0.2) is 0 Å².